The molecule has 9 heteroatoms. The van der Waals surface area contributed by atoms with Crippen molar-refractivity contribution in [2.45, 2.75) is 74.5 Å². The molecule has 0 saturated carbocycles. The van der Waals surface area contributed by atoms with Crippen molar-refractivity contribution in [1.82, 2.24) is 4.90 Å². The zero-order chi connectivity index (χ0) is 29.2. The van der Waals surface area contributed by atoms with Crippen LogP contribution in [0.1, 0.15) is 52.9 Å². The van der Waals surface area contributed by atoms with Gasteiger partial charge < -0.3 is 19.6 Å². The van der Waals surface area contributed by atoms with Crippen molar-refractivity contribution in [1.29, 1.82) is 0 Å². The highest BCUT2D eigenvalue weighted by molar-refractivity contribution is 8.02. The van der Waals surface area contributed by atoms with Crippen molar-refractivity contribution in [3.05, 3.63) is 54.6 Å². The summed E-state index contributed by atoms with van der Waals surface area (Å²) in [6.07, 6.45) is 7.27. The van der Waals surface area contributed by atoms with Crippen molar-refractivity contribution in [3.63, 3.8) is 0 Å². The van der Waals surface area contributed by atoms with Gasteiger partial charge in [-0.05, 0) is 69.2 Å². The van der Waals surface area contributed by atoms with Crippen LogP contribution in [0, 0.1) is 17.8 Å². The number of unbranched alkanes of at least 4 members (excludes halogenated alkanes) is 2. The predicted octanol–water partition coefficient (Wildman–Crippen LogP) is 5.26. The van der Waals surface area contributed by atoms with E-state index in [-0.39, 0.29) is 36.9 Å². The first kappa shape index (κ1) is 30.7. The lowest BCUT2D eigenvalue weighted by Crippen LogP contribution is -2.58. The number of esters is 1. The number of carbonyl (C=O) groups excluding carboxylic acids is 3. The fourth-order valence-electron chi connectivity index (χ4n) is 6.85. The Hall–Kier alpha value is -2.29. The van der Waals surface area contributed by atoms with E-state index in [1.165, 1.54) is 0 Å². The molecule has 0 radical (unpaired) electrons. The Morgan fingerprint density at radius 1 is 1.23 bits per heavy atom. The molecule has 1 aromatic carbocycles. The third-order valence-electron chi connectivity index (χ3n) is 8.78. The van der Waals surface area contributed by atoms with Crippen LogP contribution in [-0.2, 0) is 19.1 Å². The van der Waals surface area contributed by atoms with Gasteiger partial charge in [-0.15, -0.1) is 24.9 Å². The average Bonchev–Trinajstić information content (AvgIpc) is 3.48. The van der Waals surface area contributed by atoms with Crippen molar-refractivity contribution >= 4 is 46.8 Å². The number of rotatable bonds is 13. The average molecular weight is 589 g/mol. The van der Waals surface area contributed by atoms with Gasteiger partial charge in [0.05, 0.1) is 35.8 Å². The molecule has 7 nitrogen and oxygen atoms in total. The van der Waals surface area contributed by atoms with Gasteiger partial charge >= 0.3 is 5.97 Å². The third-order valence-corrected chi connectivity index (χ3v) is 11.0. The van der Waals surface area contributed by atoms with Crippen LogP contribution in [0.3, 0.4) is 0 Å². The number of likely N-dealkylation sites (tertiary alicyclic amines) is 1. The highest BCUT2D eigenvalue weighted by Crippen LogP contribution is 2.72. The maximum atomic E-state index is 14.6. The van der Waals surface area contributed by atoms with Gasteiger partial charge in [-0.3, -0.25) is 14.4 Å². The Bertz CT molecular complexity index is 1140. The number of anilines is 1. The summed E-state index contributed by atoms with van der Waals surface area (Å²) in [5.41, 5.74) is 0.644. The first-order chi connectivity index (χ1) is 19.1. The standard InChI is InChI=1S/C31H41ClN2O5S/c1-6-8-9-10-18-39-29(38)25-24-27(36)34(23(19-35)20(3)4)26(31(24)16-15-30(25,5)40-31)28(37)33(17-7-2)22-13-11-21(32)12-14-22/h6-7,11-14,20,23-26,35H,1-2,8-10,15-19H2,3-5H3/t23-,24-,25+,26?,30-,31?/m0/s1. The van der Waals surface area contributed by atoms with Crippen LogP contribution in [0.5, 0.6) is 0 Å². The molecule has 0 aliphatic carbocycles. The van der Waals surface area contributed by atoms with E-state index in [2.05, 4.69) is 13.2 Å². The molecule has 4 rings (SSSR count). The van der Waals surface area contributed by atoms with Crippen LogP contribution in [0.25, 0.3) is 0 Å². The van der Waals surface area contributed by atoms with Crippen molar-refractivity contribution in [2.75, 3.05) is 24.7 Å². The summed E-state index contributed by atoms with van der Waals surface area (Å²) in [4.78, 5) is 45.9. The Kier molecular flexibility index (Phi) is 9.42. The minimum absolute atomic E-state index is 0.101. The lowest BCUT2D eigenvalue weighted by atomic mass is 9.66. The van der Waals surface area contributed by atoms with Gasteiger partial charge in [0.15, 0.2) is 0 Å². The van der Waals surface area contributed by atoms with E-state index in [0.29, 0.717) is 30.2 Å². The summed E-state index contributed by atoms with van der Waals surface area (Å²) in [6, 6.07) is 5.58. The molecular weight excluding hydrogens is 548 g/mol. The van der Waals surface area contributed by atoms with E-state index in [0.717, 1.165) is 19.3 Å². The number of hydrogen-bond donors (Lipinski definition) is 1. The van der Waals surface area contributed by atoms with Crippen LogP contribution in [0.15, 0.2) is 49.6 Å². The van der Waals surface area contributed by atoms with E-state index in [9.17, 15) is 19.5 Å². The van der Waals surface area contributed by atoms with Gasteiger partial charge in [0, 0.05) is 22.0 Å². The summed E-state index contributed by atoms with van der Waals surface area (Å²) < 4.78 is 4.43. The maximum absolute atomic E-state index is 14.6. The second kappa shape index (κ2) is 12.3. The van der Waals surface area contributed by atoms with Crippen molar-refractivity contribution in [3.8, 4) is 0 Å². The Morgan fingerprint density at radius 2 is 1.93 bits per heavy atom. The summed E-state index contributed by atoms with van der Waals surface area (Å²) in [5.74, 6) is -2.32. The van der Waals surface area contributed by atoms with E-state index < -0.39 is 33.4 Å². The van der Waals surface area contributed by atoms with Crippen molar-refractivity contribution in [2.24, 2.45) is 17.8 Å². The van der Waals surface area contributed by atoms with Crippen LogP contribution in [0.4, 0.5) is 5.69 Å². The Balaban J connectivity index is 1.75. The monoisotopic (exact) mass is 588 g/mol. The molecule has 2 bridgehead atoms. The zero-order valence-electron chi connectivity index (χ0n) is 23.7. The molecule has 2 amide bonds. The number of fused-ring (bicyclic) bond motifs is 1. The summed E-state index contributed by atoms with van der Waals surface area (Å²) in [6.45, 7) is 13.7. The number of benzene rings is 1. The Labute approximate surface area is 246 Å². The number of ether oxygens (including phenoxy) is 1. The second-order valence-corrected chi connectivity index (χ2v) is 14.0. The van der Waals surface area contributed by atoms with Gasteiger partial charge in [0.1, 0.15) is 6.04 Å². The smallest absolute Gasteiger partial charge is 0.311 e. The quantitative estimate of drug-likeness (QED) is 0.192. The molecule has 3 saturated heterocycles. The molecule has 1 aromatic rings. The number of hydrogen-bond acceptors (Lipinski definition) is 6. The number of aliphatic hydroxyl groups is 1. The molecule has 1 N–H and O–H groups in total. The van der Waals surface area contributed by atoms with Crippen LogP contribution >= 0.6 is 23.4 Å². The SMILES string of the molecule is C=CCCCCOC(=O)[C@H]1[C@H]2C(=O)N([C@@H](CO)C(C)C)C(C(=O)N(CC=C)c3ccc(Cl)cc3)C23CC[C@]1(C)S3. The molecule has 218 valence electrons. The molecule has 6 atom stereocenters. The highest BCUT2D eigenvalue weighted by Gasteiger charge is 2.78. The molecule has 40 heavy (non-hydrogen) atoms. The summed E-state index contributed by atoms with van der Waals surface area (Å²) >= 11 is 7.73. The van der Waals surface area contributed by atoms with Crippen molar-refractivity contribution < 1.29 is 24.2 Å². The normalized spacial score (nSPS) is 29.4. The lowest BCUT2D eigenvalue weighted by Gasteiger charge is -2.40. The fraction of sp³-hybridized carbons (Fsp3) is 0.581. The molecular formula is C31H41ClN2O5S. The molecule has 3 fully saturated rings. The molecule has 0 aromatic heterocycles. The molecule has 3 aliphatic heterocycles. The highest BCUT2D eigenvalue weighted by atomic mass is 35.5. The number of amides is 2. The van der Waals surface area contributed by atoms with Gasteiger partial charge in [-0.2, -0.15) is 0 Å². The van der Waals surface area contributed by atoms with Gasteiger partial charge in [0.2, 0.25) is 5.91 Å². The van der Waals surface area contributed by atoms with E-state index in [1.807, 2.05) is 26.8 Å². The number of allylic oxidation sites excluding steroid dienone is 1. The fourth-order valence-corrected chi connectivity index (χ4v) is 9.30. The van der Waals surface area contributed by atoms with Crippen LogP contribution < -0.4 is 4.90 Å². The minimum atomic E-state index is -0.850. The number of thioether (sulfide) groups is 1. The van der Waals surface area contributed by atoms with Gasteiger partial charge in [-0.25, -0.2) is 0 Å². The Morgan fingerprint density at radius 3 is 2.52 bits per heavy atom. The molecule has 2 unspecified atom stereocenters. The van der Waals surface area contributed by atoms with E-state index >= 15 is 0 Å². The predicted molar refractivity (Wildman–Crippen MR) is 160 cm³/mol. The largest absolute Gasteiger partial charge is 0.465 e. The van der Waals surface area contributed by atoms with Gasteiger partial charge in [0.25, 0.3) is 5.91 Å². The summed E-state index contributed by atoms with van der Waals surface area (Å²) in [7, 11) is 0. The zero-order valence-corrected chi connectivity index (χ0v) is 25.3. The molecule has 3 aliphatic rings. The first-order valence-corrected chi connectivity index (χ1v) is 15.3. The molecule has 1 spiro atoms. The lowest BCUT2D eigenvalue weighted by molar-refractivity contribution is -0.156. The topological polar surface area (TPSA) is 87.1 Å². The van der Waals surface area contributed by atoms with Gasteiger partial charge in [-0.1, -0.05) is 37.6 Å². The minimum Gasteiger partial charge on any atom is -0.465 e. The van der Waals surface area contributed by atoms with E-state index in [4.69, 9.17) is 16.3 Å². The number of halogens is 1. The third kappa shape index (κ3) is 5.23. The number of carbonyl (C=O) groups is 3. The van der Waals surface area contributed by atoms with Crippen LogP contribution in [0.2, 0.25) is 5.02 Å². The number of nitrogens with zero attached hydrogens (tertiary/aromatic N) is 2. The second-order valence-electron chi connectivity index (χ2n) is 11.6. The summed E-state index contributed by atoms with van der Waals surface area (Å²) in [5, 5.41) is 11.0. The molecule has 3 heterocycles. The van der Waals surface area contributed by atoms with Crippen LogP contribution in [-0.4, -0.2) is 69.1 Å². The first-order valence-electron chi connectivity index (χ1n) is 14.1. The van der Waals surface area contributed by atoms with E-state index in [1.54, 1.807) is 51.9 Å². The maximum Gasteiger partial charge on any atom is 0.311 e. The number of aliphatic hydroxyl groups excluding tert-OH is 1.